The summed E-state index contributed by atoms with van der Waals surface area (Å²) < 4.78 is 14.2. The van der Waals surface area contributed by atoms with Crippen molar-refractivity contribution in [3.63, 3.8) is 0 Å². The van der Waals surface area contributed by atoms with Crippen molar-refractivity contribution in [3.8, 4) is 0 Å². The summed E-state index contributed by atoms with van der Waals surface area (Å²) in [5.74, 6) is 0. The molecule has 5 heteroatoms. The lowest BCUT2D eigenvalue weighted by atomic mass is 10.3. The number of carbonyl (C=O) groups is 1. The Hall–Kier alpha value is -0.310. The van der Waals surface area contributed by atoms with Gasteiger partial charge in [-0.2, -0.15) is 0 Å². The van der Waals surface area contributed by atoms with E-state index < -0.39 is 14.4 Å². The molecular weight excluding hydrogens is 143 g/mol. The molecule has 9 heavy (non-hydrogen) atoms. The highest BCUT2D eigenvalue weighted by atomic mass is 31.1. The Balaban J connectivity index is 3.37. The third-order valence-electron chi connectivity index (χ3n) is 0.698. The zero-order valence-electron chi connectivity index (χ0n) is 4.98. The highest BCUT2D eigenvalue weighted by Gasteiger charge is 2.17. The molecule has 0 spiro atoms. The van der Waals surface area contributed by atoms with Gasteiger partial charge in [0.15, 0.2) is 0 Å². The summed E-state index contributed by atoms with van der Waals surface area (Å²) in [7, 11) is -2.56. The molecule has 2 unspecified atom stereocenters. The first-order valence-electron chi connectivity index (χ1n) is 2.43. The van der Waals surface area contributed by atoms with Gasteiger partial charge in [0, 0.05) is 11.0 Å². The maximum absolute atomic E-state index is 9.89. The molecule has 4 nitrogen and oxygen atoms in total. The van der Waals surface area contributed by atoms with Crippen molar-refractivity contribution >= 4 is 14.5 Å². The lowest BCUT2D eigenvalue weighted by Gasteiger charge is -1.92. The van der Waals surface area contributed by atoms with Crippen molar-refractivity contribution < 1.29 is 18.8 Å². The summed E-state index contributed by atoms with van der Waals surface area (Å²) >= 11 is 0. The zero-order valence-corrected chi connectivity index (χ0v) is 5.88. The summed E-state index contributed by atoms with van der Waals surface area (Å²) in [5, 5.41) is 0. The molecule has 0 fully saturated rings. The Morgan fingerprint density at radius 2 is 2.44 bits per heavy atom. The fraction of sp³-hybridized carbons (Fsp3) is 0.750. The Labute approximate surface area is 53.8 Å². The molecule has 0 aromatic heterocycles. The van der Waals surface area contributed by atoms with Gasteiger partial charge < -0.3 is 4.79 Å². The number of rotatable bonds is 4. The molecule has 0 aromatic carbocycles. The molecule has 0 rings (SSSR count). The molecule has 0 amide bonds. The molecule has 0 bridgehead atoms. The predicted molar refractivity (Wildman–Crippen MR) is 31.1 cm³/mol. The Bertz CT molecular complexity index is 113. The molecule has 0 aliphatic rings. The molecule has 0 heterocycles. The third kappa shape index (κ3) is 5.56. The van der Waals surface area contributed by atoms with Gasteiger partial charge in [-0.3, -0.25) is 0 Å². The van der Waals surface area contributed by atoms with Crippen LogP contribution in [0, 0.1) is 0 Å². The van der Waals surface area contributed by atoms with Crippen molar-refractivity contribution in [2.24, 2.45) is 0 Å². The molecule has 2 atom stereocenters. The van der Waals surface area contributed by atoms with E-state index in [0.717, 1.165) is 0 Å². The SMILES string of the molecule is CC(CC=O)O[P+](=O)O. The largest absolute Gasteiger partial charge is 0.694 e. The van der Waals surface area contributed by atoms with Gasteiger partial charge in [-0.25, -0.2) is 0 Å². The van der Waals surface area contributed by atoms with Gasteiger partial charge in [0.1, 0.15) is 12.4 Å². The highest BCUT2D eigenvalue weighted by molar-refractivity contribution is 7.32. The molecule has 0 saturated heterocycles. The van der Waals surface area contributed by atoms with Crippen LogP contribution in [0.5, 0.6) is 0 Å². The summed E-state index contributed by atoms with van der Waals surface area (Å²) in [6.45, 7) is 1.55. The molecule has 0 saturated carbocycles. The van der Waals surface area contributed by atoms with Crippen LogP contribution in [0.15, 0.2) is 0 Å². The lowest BCUT2D eigenvalue weighted by molar-refractivity contribution is -0.109. The minimum absolute atomic E-state index is 0.154. The zero-order chi connectivity index (χ0) is 7.28. The van der Waals surface area contributed by atoms with E-state index in [4.69, 9.17) is 4.89 Å². The van der Waals surface area contributed by atoms with Gasteiger partial charge in [-0.1, -0.05) is 0 Å². The normalized spacial score (nSPS) is 14.7. The molecule has 0 aliphatic carbocycles. The molecule has 0 aliphatic heterocycles. The van der Waals surface area contributed by atoms with Gasteiger partial charge >= 0.3 is 8.25 Å². The number of hydrogen-bond donors (Lipinski definition) is 1. The quantitative estimate of drug-likeness (QED) is 0.472. The van der Waals surface area contributed by atoms with E-state index in [-0.39, 0.29) is 6.42 Å². The van der Waals surface area contributed by atoms with Crippen LogP contribution in [-0.4, -0.2) is 17.3 Å². The molecule has 0 radical (unpaired) electrons. The summed E-state index contributed by atoms with van der Waals surface area (Å²) in [4.78, 5) is 17.9. The first-order chi connectivity index (χ1) is 4.16. The average Bonchev–Trinajstić information content (AvgIpc) is 1.63. The summed E-state index contributed by atoms with van der Waals surface area (Å²) in [6.07, 6.45) is 0.335. The molecule has 0 aromatic rings. The smallest absolute Gasteiger partial charge is 0.303 e. The van der Waals surface area contributed by atoms with Crippen LogP contribution in [0.2, 0.25) is 0 Å². The van der Waals surface area contributed by atoms with Crippen molar-refractivity contribution in [3.05, 3.63) is 0 Å². The molecule has 52 valence electrons. The topological polar surface area (TPSA) is 63.6 Å². The monoisotopic (exact) mass is 151 g/mol. The maximum atomic E-state index is 9.89. The van der Waals surface area contributed by atoms with Crippen molar-refractivity contribution in [1.29, 1.82) is 0 Å². The Morgan fingerprint density at radius 3 is 2.78 bits per heavy atom. The Kier molecular flexibility index (Phi) is 4.40. The van der Waals surface area contributed by atoms with E-state index in [2.05, 4.69) is 4.52 Å². The predicted octanol–water partition coefficient (Wildman–Crippen LogP) is 0.630. The first kappa shape index (κ1) is 8.69. The second kappa shape index (κ2) is 4.56. The van der Waals surface area contributed by atoms with Crippen LogP contribution in [0.4, 0.5) is 0 Å². The standard InChI is InChI=1S/C4H7O4P/c1-4(2-3-5)8-9(6)7/h3-4H,2H2,1H3/p+1. The van der Waals surface area contributed by atoms with Crippen molar-refractivity contribution in [2.75, 3.05) is 0 Å². The number of carbonyl (C=O) groups excluding carboxylic acids is 1. The second-order valence-electron chi connectivity index (χ2n) is 1.56. The Morgan fingerprint density at radius 1 is 1.89 bits per heavy atom. The second-order valence-corrected chi connectivity index (χ2v) is 2.24. The van der Waals surface area contributed by atoms with Crippen LogP contribution in [0.3, 0.4) is 0 Å². The van der Waals surface area contributed by atoms with Crippen LogP contribution < -0.4 is 0 Å². The van der Waals surface area contributed by atoms with Crippen LogP contribution >= 0.6 is 8.25 Å². The minimum Gasteiger partial charge on any atom is -0.303 e. The fourth-order valence-corrected chi connectivity index (χ4v) is 0.726. The highest BCUT2D eigenvalue weighted by Crippen LogP contribution is 2.18. The van der Waals surface area contributed by atoms with E-state index in [9.17, 15) is 9.36 Å². The van der Waals surface area contributed by atoms with E-state index in [0.29, 0.717) is 6.29 Å². The van der Waals surface area contributed by atoms with Gasteiger partial charge in [0.25, 0.3) is 0 Å². The van der Waals surface area contributed by atoms with Crippen LogP contribution in [0.25, 0.3) is 0 Å². The van der Waals surface area contributed by atoms with Gasteiger partial charge in [0.05, 0.1) is 0 Å². The van der Waals surface area contributed by atoms with Gasteiger partial charge in [-0.05, 0) is 6.92 Å². The van der Waals surface area contributed by atoms with Gasteiger partial charge in [0.2, 0.25) is 0 Å². The van der Waals surface area contributed by atoms with Crippen LogP contribution in [0.1, 0.15) is 13.3 Å². The lowest BCUT2D eigenvalue weighted by Crippen LogP contribution is -2.02. The first-order valence-corrected chi connectivity index (χ1v) is 3.56. The van der Waals surface area contributed by atoms with E-state index in [1.165, 1.54) is 0 Å². The fourth-order valence-electron chi connectivity index (χ4n) is 0.332. The maximum Gasteiger partial charge on any atom is 0.694 e. The van der Waals surface area contributed by atoms with Gasteiger partial charge in [-0.15, -0.1) is 9.42 Å². The third-order valence-corrected chi connectivity index (χ3v) is 1.24. The van der Waals surface area contributed by atoms with Crippen molar-refractivity contribution in [1.82, 2.24) is 0 Å². The summed E-state index contributed by atoms with van der Waals surface area (Å²) in [5.41, 5.74) is 0. The molecule has 1 N–H and O–H groups in total. The van der Waals surface area contributed by atoms with E-state index >= 15 is 0 Å². The van der Waals surface area contributed by atoms with Crippen molar-refractivity contribution in [2.45, 2.75) is 19.4 Å². The number of hydrogen-bond acceptors (Lipinski definition) is 3. The average molecular weight is 151 g/mol. The van der Waals surface area contributed by atoms with E-state index in [1.54, 1.807) is 6.92 Å². The van der Waals surface area contributed by atoms with E-state index in [1.807, 2.05) is 0 Å². The number of aldehydes is 1. The summed E-state index contributed by atoms with van der Waals surface area (Å²) in [6, 6.07) is 0. The minimum atomic E-state index is -2.56. The molecular formula is C4H8O4P+. The van der Waals surface area contributed by atoms with Crippen LogP contribution in [-0.2, 0) is 13.9 Å².